The van der Waals surface area contributed by atoms with Crippen LogP contribution >= 0.6 is 23.1 Å². The molecule has 8 nitrogen and oxygen atoms in total. The molecular weight excluding hydrogens is 602 g/mol. The van der Waals surface area contributed by atoms with Crippen LogP contribution in [0.3, 0.4) is 0 Å². The normalized spacial score (nSPS) is 18.8. The zero-order chi connectivity index (χ0) is 30.8. The van der Waals surface area contributed by atoms with E-state index >= 15 is 0 Å². The van der Waals surface area contributed by atoms with Crippen molar-refractivity contribution in [3.8, 4) is 11.5 Å². The predicted molar refractivity (Wildman–Crippen MR) is 168 cm³/mol. The van der Waals surface area contributed by atoms with Gasteiger partial charge in [-0.05, 0) is 72.5 Å². The fourth-order valence-corrected chi connectivity index (χ4v) is 7.09. The standard InChI is InChI=1S/C33H30FN3O5S2/c1-3-4-14-41-25-7-5-6-21(17-25)28-27(29(38)22-10-13-26-23(16-22)15-19(2)42-26)30(39)31(40)37(28)32-35-36-33(44-32)43-18-20-8-11-24(34)12-9-20/h5-13,16-17,19,28,38H,3-4,14-15,18H2,1-2H3/t19-,28+/m1/s1. The second kappa shape index (κ2) is 12.8. The Morgan fingerprint density at radius 2 is 1.95 bits per heavy atom. The van der Waals surface area contributed by atoms with Gasteiger partial charge in [-0.1, -0.05) is 60.7 Å². The number of aliphatic hydroxyl groups excluding tert-OH is 1. The minimum Gasteiger partial charge on any atom is -0.507 e. The van der Waals surface area contributed by atoms with Crippen LogP contribution in [0.4, 0.5) is 9.52 Å². The number of thioether (sulfide) groups is 1. The largest absolute Gasteiger partial charge is 0.507 e. The molecule has 0 aliphatic carbocycles. The average Bonchev–Trinajstić information content (AvgIpc) is 3.71. The monoisotopic (exact) mass is 631 g/mol. The molecule has 6 rings (SSSR count). The van der Waals surface area contributed by atoms with Crippen LogP contribution in [-0.4, -0.2) is 39.7 Å². The molecular formula is C33H30FN3O5S2. The van der Waals surface area contributed by atoms with Crippen molar-refractivity contribution in [1.82, 2.24) is 10.2 Å². The molecule has 1 fully saturated rings. The van der Waals surface area contributed by atoms with Gasteiger partial charge in [-0.3, -0.25) is 14.5 Å². The SMILES string of the molecule is CCCCOc1cccc([C@H]2C(=C(O)c3ccc4c(c3)C[C@@H](C)O4)C(=O)C(=O)N2c2nnc(SCc3ccc(F)cc3)s2)c1. The number of anilines is 1. The number of amides is 1. The van der Waals surface area contributed by atoms with Crippen molar-refractivity contribution in [3.63, 3.8) is 0 Å². The summed E-state index contributed by atoms with van der Waals surface area (Å²) in [7, 11) is 0. The van der Waals surface area contributed by atoms with Gasteiger partial charge in [-0.15, -0.1) is 10.2 Å². The number of fused-ring (bicyclic) bond motifs is 1. The molecule has 0 saturated carbocycles. The van der Waals surface area contributed by atoms with Gasteiger partial charge in [-0.25, -0.2) is 4.39 Å². The lowest BCUT2D eigenvalue weighted by atomic mass is 9.94. The van der Waals surface area contributed by atoms with E-state index in [1.807, 2.05) is 13.0 Å². The smallest absolute Gasteiger partial charge is 0.301 e. The number of carbonyl (C=O) groups excluding carboxylic acids is 2. The van der Waals surface area contributed by atoms with Crippen LogP contribution < -0.4 is 14.4 Å². The fraction of sp³-hybridized carbons (Fsp3) is 0.273. The highest BCUT2D eigenvalue weighted by atomic mass is 32.2. The topological polar surface area (TPSA) is 102 Å². The molecule has 1 N–H and O–H groups in total. The number of unbranched alkanes of at least 4 members (excludes halogenated alkanes) is 1. The van der Waals surface area contributed by atoms with E-state index in [0.29, 0.717) is 40.0 Å². The highest BCUT2D eigenvalue weighted by Gasteiger charge is 2.48. The van der Waals surface area contributed by atoms with Crippen LogP contribution in [0.5, 0.6) is 11.5 Å². The molecule has 0 spiro atoms. The van der Waals surface area contributed by atoms with Gasteiger partial charge in [0.2, 0.25) is 5.13 Å². The number of ketones is 1. The quantitative estimate of drug-likeness (QED) is 0.0494. The lowest BCUT2D eigenvalue weighted by Crippen LogP contribution is -2.29. The molecule has 0 radical (unpaired) electrons. The van der Waals surface area contributed by atoms with Crippen molar-refractivity contribution in [1.29, 1.82) is 0 Å². The molecule has 11 heteroatoms. The number of carbonyl (C=O) groups is 2. The van der Waals surface area contributed by atoms with Crippen LogP contribution in [0.2, 0.25) is 0 Å². The van der Waals surface area contributed by atoms with Crippen LogP contribution in [0, 0.1) is 5.82 Å². The molecule has 1 amide bonds. The molecule has 3 aromatic carbocycles. The molecule has 3 heterocycles. The Labute approximate surface area is 262 Å². The summed E-state index contributed by atoms with van der Waals surface area (Å²) in [6, 6.07) is 17.7. The molecule has 44 heavy (non-hydrogen) atoms. The van der Waals surface area contributed by atoms with Gasteiger partial charge in [0.15, 0.2) is 4.34 Å². The summed E-state index contributed by atoms with van der Waals surface area (Å²) in [4.78, 5) is 28.6. The second-order valence-electron chi connectivity index (χ2n) is 10.7. The Morgan fingerprint density at radius 3 is 2.75 bits per heavy atom. The van der Waals surface area contributed by atoms with E-state index in [9.17, 15) is 19.1 Å². The number of nitrogens with zero attached hydrogens (tertiary/aromatic N) is 3. The molecule has 4 aromatic rings. The van der Waals surface area contributed by atoms with Crippen molar-refractivity contribution >= 4 is 45.7 Å². The van der Waals surface area contributed by atoms with Crippen molar-refractivity contribution in [2.45, 2.75) is 55.3 Å². The Balaban J connectivity index is 1.38. The molecule has 1 saturated heterocycles. The first-order valence-electron chi connectivity index (χ1n) is 14.4. The first kappa shape index (κ1) is 29.8. The maximum absolute atomic E-state index is 13.7. The Morgan fingerprint density at radius 1 is 1.14 bits per heavy atom. The minimum atomic E-state index is -0.962. The number of ether oxygens (including phenoxy) is 2. The van der Waals surface area contributed by atoms with Crippen LogP contribution in [0.25, 0.3) is 5.76 Å². The van der Waals surface area contributed by atoms with E-state index in [1.54, 1.807) is 48.5 Å². The molecule has 2 aliphatic rings. The highest BCUT2D eigenvalue weighted by molar-refractivity contribution is 8.00. The molecule has 2 aliphatic heterocycles. The maximum atomic E-state index is 13.7. The molecule has 0 bridgehead atoms. The van der Waals surface area contributed by atoms with E-state index < -0.39 is 17.7 Å². The van der Waals surface area contributed by atoms with E-state index in [4.69, 9.17) is 9.47 Å². The number of Topliss-reactive ketones (excluding diaryl/α,β-unsaturated/α-hetero) is 1. The number of rotatable bonds is 10. The number of aliphatic hydroxyl groups is 1. The van der Waals surface area contributed by atoms with E-state index in [1.165, 1.54) is 40.1 Å². The van der Waals surface area contributed by atoms with Gasteiger partial charge in [0.05, 0.1) is 18.2 Å². The lowest BCUT2D eigenvalue weighted by molar-refractivity contribution is -0.132. The van der Waals surface area contributed by atoms with Gasteiger partial charge in [-0.2, -0.15) is 0 Å². The van der Waals surface area contributed by atoms with E-state index in [0.717, 1.165) is 29.7 Å². The molecule has 0 unspecified atom stereocenters. The Hall–Kier alpha value is -4.22. The summed E-state index contributed by atoms with van der Waals surface area (Å²) in [5.41, 5.74) is 2.80. The zero-order valence-corrected chi connectivity index (χ0v) is 25.8. The van der Waals surface area contributed by atoms with E-state index in [2.05, 4.69) is 17.1 Å². The first-order chi connectivity index (χ1) is 21.3. The fourth-order valence-electron chi connectivity index (χ4n) is 5.26. The Bertz CT molecular complexity index is 1740. The molecule has 2 atom stereocenters. The summed E-state index contributed by atoms with van der Waals surface area (Å²) in [6.07, 6.45) is 2.54. The zero-order valence-electron chi connectivity index (χ0n) is 24.2. The van der Waals surface area contributed by atoms with Gasteiger partial charge in [0, 0.05) is 17.7 Å². The first-order valence-corrected chi connectivity index (χ1v) is 16.2. The Kier molecular flexibility index (Phi) is 8.67. The van der Waals surface area contributed by atoms with Gasteiger partial charge < -0.3 is 14.6 Å². The second-order valence-corrected chi connectivity index (χ2v) is 12.8. The number of hydrogen-bond donors (Lipinski definition) is 1. The van der Waals surface area contributed by atoms with Gasteiger partial charge >= 0.3 is 5.91 Å². The highest BCUT2D eigenvalue weighted by Crippen LogP contribution is 2.45. The predicted octanol–water partition coefficient (Wildman–Crippen LogP) is 7.10. The van der Waals surface area contributed by atoms with Crippen LogP contribution in [-0.2, 0) is 21.8 Å². The summed E-state index contributed by atoms with van der Waals surface area (Å²) in [6.45, 7) is 4.57. The van der Waals surface area contributed by atoms with Gasteiger partial charge in [0.1, 0.15) is 29.2 Å². The van der Waals surface area contributed by atoms with Crippen molar-refractivity contribution < 1.29 is 28.6 Å². The number of hydrogen-bond acceptors (Lipinski definition) is 9. The molecule has 1 aromatic heterocycles. The summed E-state index contributed by atoms with van der Waals surface area (Å²) in [5.74, 6) is -0.347. The van der Waals surface area contributed by atoms with E-state index in [-0.39, 0.29) is 28.4 Å². The third-order valence-corrected chi connectivity index (χ3v) is 9.56. The van der Waals surface area contributed by atoms with Gasteiger partial charge in [0.25, 0.3) is 5.78 Å². The lowest BCUT2D eigenvalue weighted by Gasteiger charge is -2.23. The average molecular weight is 632 g/mol. The third kappa shape index (κ3) is 6.07. The summed E-state index contributed by atoms with van der Waals surface area (Å²) < 4.78 is 25.6. The van der Waals surface area contributed by atoms with Crippen molar-refractivity contribution in [2.24, 2.45) is 0 Å². The van der Waals surface area contributed by atoms with Crippen LogP contribution in [0.15, 0.2) is 76.6 Å². The number of halogens is 1. The number of aromatic nitrogens is 2. The third-order valence-electron chi connectivity index (χ3n) is 7.43. The van der Waals surface area contributed by atoms with Crippen molar-refractivity contribution in [3.05, 3.63) is 100 Å². The maximum Gasteiger partial charge on any atom is 0.301 e. The summed E-state index contributed by atoms with van der Waals surface area (Å²) >= 11 is 2.56. The summed E-state index contributed by atoms with van der Waals surface area (Å²) in [5, 5.41) is 20.4. The van der Waals surface area contributed by atoms with Crippen LogP contribution in [0.1, 0.15) is 55.0 Å². The minimum absolute atomic E-state index is 0.0101. The van der Waals surface area contributed by atoms with Crippen molar-refractivity contribution in [2.75, 3.05) is 11.5 Å². The molecule has 226 valence electrons. The number of benzene rings is 3.